The molecule has 0 unspecified atom stereocenters. The fourth-order valence-electron chi connectivity index (χ4n) is 5.01. The molecule has 0 N–H and O–H groups in total. The molecular formula is C22H35N3. The van der Waals surface area contributed by atoms with Crippen LogP contribution in [-0.4, -0.2) is 47.0 Å². The summed E-state index contributed by atoms with van der Waals surface area (Å²) in [4.78, 5) is 9.91. The summed E-state index contributed by atoms with van der Waals surface area (Å²) >= 11 is 0. The molecular weight excluding hydrogens is 306 g/mol. The third-order valence-electron chi connectivity index (χ3n) is 6.50. The van der Waals surface area contributed by atoms with E-state index in [9.17, 15) is 0 Å². The number of nitrogens with zero attached hydrogens (tertiary/aromatic N) is 3. The maximum absolute atomic E-state index is 4.32. The lowest BCUT2D eigenvalue weighted by atomic mass is 9.90. The number of piperidine rings is 1. The minimum absolute atomic E-state index is 0.867. The number of likely N-dealkylation sites (tertiary alicyclic amines) is 1. The van der Waals surface area contributed by atoms with Gasteiger partial charge in [0.2, 0.25) is 0 Å². The van der Waals surface area contributed by atoms with E-state index >= 15 is 0 Å². The Labute approximate surface area is 153 Å². The van der Waals surface area contributed by atoms with Gasteiger partial charge in [0, 0.05) is 44.6 Å². The van der Waals surface area contributed by atoms with Gasteiger partial charge in [-0.3, -0.25) is 9.88 Å². The summed E-state index contributed by atoms with van der Waals surface area (Å²) in [5.41, 5.74) is 1.38. The quantitative estimate of drug-likeness (QED) is 0.735. The molecule has 2 aliphatic carbocycles. The number of rotatable bonds is 7. The van der Waals surface area contributed by atoms with Crippen LogP contribution in [-0.2, 0) is 6.54 Å². The second kappa shape index (κ2) is 8.64. The Morgan fingerprint density at radius 1 is 0.960 bits per heavy atom. The summed E-state index contributed by atoms with van der Waals surface area (Å²) in [6.45, 7) is 6.37. The van der Waals surface area contributed by atoms with E-state index in [1.807, 2.05) is 6.20 Å². The highest BCUT2D eigenvalue weighted by molar-refractivity contribution is 5.08. The maximum atomic E-state index is 4.32. The second-order valence-corrected chi connectivity index (χ2v) is 8.79. The average molecular weight is 342 g/mol. The molecule has 1 aliphatic heterocycles. The van der Waals surface area contributed by atoms with E-state index in [-0.39, 0.29) is 0 Å². The zero-order chi connectivity index (χ0) is 16.9. The predicted octanol–water partition coefficient (Wildman–Crippen LogP) is 4.34. The first kappa shape index (κ1) is 17.5. The van der Waals surface area contributed by atoms with Gasteiger partial charge in [-0.2, -0.15) is 0 Å². The van der Waals surface area contributed by atoms with Crippen molar-refractivity contribution in [2.45, 2.75) is 70.4 Å². The molecule has 3 nitrogen and oxygen atoms in total. The van der Waals surface area contributed by atoms with Gasteiger partial charge in [-0.05, 0) is 68.5 Å². The Kier molecular flexibility index (Phi) is 6.04. The maximum Gasteiger partial charge on any atom is 0.0312 e. The van der Waals surface area contributed by atoms with Crippen LogP contribution >= 0.6 is 0 Å². The zero-order valence-electron chi connectivity index (χ0n) is 15.8. The van der Waals surface area contributed by atoms with Gasteiger partial charge in [0.1, 0.15) is 0 Å². The highest BCUT2D eigenvalue weighted by atomic mass is 15.2. The van der Waals surface area contributed by atoms with Crippen LogP contribution in [0.5, 0.6) is 0 Å². The first-order chi connectivity index (χ1) is 12.4. The van der Waals surface area contributed by atoms with Crippen LogP contribution in [0.25, 0.3) is 0 Å². The molecule has 25 heavy (non-hydrogen) atoms. The molecule has 1 saturated heterocycles. The van der Waals surface area contributed by atoms with E-state index < -0.39 is 0 Å². The van der Waals surface area contributed by atoms with Gasteiger partial charge in [0.25, 0.3) is 0 Å². The van der Waals surface area contributed by atoms with E-state index in [1.54, 1.807) is 0 Å². The predicted molar refractivity (Wildman–Crippen MR) is 103 cm³/mol. The van der Waals surface area contributed by atoms with Crippen molar-refractivity contribution in [3.8, 4) is 0 Å². The summed E-state index contributed by atoms with van der Waals surface area (Å²) in [5, 5.41) is 0. The van der Waals surface area contributed by atoms with Crippen molar-refractivity contribution in [1.82, 2.24) is 14.8 Å². The molecule has 0 amide bonds. The molecule has 3 aliphatic rings. The molecule has 1 atom stereocenters. The Morgan fingerprint density at radius 3 is 2.56 bits per heavy atom. The lowest BCUT2D eigenvalue weighted by Gasteiger charge is -2.41. The normalized spacial score (nSPS) is 26.2. The number of pyridine rings is 1. The minimum Gasteiger partial charge on any atom is -0.300 e. The van der Waals surface area contributed by atoms with Gasteiger partial charge in [-0.25, -0.2) is 0 Å². The van der Waals surface area contributed by atoms with Crippen molar-refractivity contribution < 1.29 is 0 Å². The van der Waals surface area contributed by atoms with Gasteiger partial charge in [-0.15, -0.1) is 0 Å². The van der Waals surface area contributed by atoms with E-state index in [2.05, 4.69) is 33.1 Å². The molecule has 2 heterocycles. The Hall–Kier alpha value is -0.930. The molecule has 0 bridgehead atoms. The third kappa shape index (κ3) is 5.27. The molecule has 0 radical (unpaired) electrons. The van der Waals surface area contributed by atoms with Crippen molar-refractivity contribution in [2.75, 3.05) is 26.2 Å². The highest BCUT2D eigenvalue weighted by Gasteiger charge is 2.30. The van der Waals surface area contributed by atoms with Crippen LogP contribution in [0.15, 0.2) is 24.5 Å². The summed E-state index contributed by atoms with van der Waals surface area (Å²) in [6.07, 6.45) is 17.0. The van der Waals surface area contributed by atoms with Gasteiger partial charge >= 0.3 is 0 Å². The van der Waals surface area contributed by atoms with Crippen molar-refractivity contribution in [3.05, 3.63) is 30.1 Å². The monoisotopic (exact) mass is 341 g/mol. The largest absolute Gasteiger partial charge is 0.300 e. The molecule has 1 aromatic heterocycles. The van der Waals surface area contributed by atoms with Gasteiger partial charge in [0.15, 0.2) is 0 Å². The number of hydrogen-bond donors (Lipinski definition) is 0. The van der Waals surface area contributed by atoms with Crippen molar-refractivity contribution in [2.24, 2.45) is 11.8 Å². The summed E-state index contributed by atoms with van der Waals surface area (Å²) in [7, 11) is 0. The van der Waals surface area contributed by atoms with Crippen LogP contribution in [0.4, 0.5) is 0 Å². The molecule has 3 heteroatoms. The van der Waals surface area contributed by atoms with E-state index in [0.29, 0.717) is 0 Å². The van der Waals surface area contributed by atoms with E-state index in [4.69, 9.17) is 0 Å². The lowest BCUT2D eigenvalue weighted by Crippen LogP contribution is -2.46. The summed E-state index contributed by atoms with van der Waals surface area (Å²) in [5.74, 6) is 1.83. The van der Waals surface area contributed by atoms with Crippen LogP contribution < -0.4 is 0 Å². The first-order valence-electron chi connectivity index (χ1n) is 10.7. The molecule has 0 aromatic carbocycles. The topological polar surface area (TPSA) is 19.4 Å². The fourth-order valence-corrected chi connectivity index (χ4v) is 5.01. The first-order valence-corrected chi connectivity index (χ1v) is 10.7. The molecule has 4 rings (SSSR count). The van der Waals surface area contributed by atoms with Crippen molar-refractivity contribution in [1.29, 1.82) is 0 Å². The van der Waals surface area contributed by atoms with Crippen LogP contribution in [0.2, 0.25) is 0 Å². The van der Waals surface area contributed by atoms with Crippen LogP contribution in [0.3, 0.4) is 0 Å². The van der Waals surface area contributed by atoms with Crippen LogP contribution in [0, 0.1) is 11.8 Å². The summed E-state index contributed by atoms with van der Waals surface area (Å²) < 4.78 is 0. The second-order valence-electron chi connectivity index (χ2n) is 8.79. The molecule has 0 spiro atoms. The third-order valence-corrected chi connectivity index (χ3v) is 6.50. The Balaban J connectivity index is 1.33. The number of hydrogen-bond acceptors (Lipinski definition) is 3. The summed E-state index contributed by atoms with van der Waals surface area (Å²) in [6, 6.07) is 5.21. The molecule has 138 valence electrons. The standard InChI is InChI=1S/C22H35N3/c1-2-8-22(9-3-1)25-13-5-7-21(18-25)17-24(15-19-10-11-19)16-20-6-4-12-23-14-20/h4,6,12,14,19,21-22H,1-3,5,7-11,13,15-18H2/t21-/m0/s1. The minimum atomic E-state index is 0.867. The molecule has 2 saturated carbocycles. The van der Waals surface area contributed by atoms with Gasteiger partial charge < -0.3 is 4.90 Å². The molecule has 3 fully saturated rings. The smallest absolute Gasteiger partial charge is 0.0312 e. The number of aromatic nitrogens is 1. The van der Waals surface area contributed by atoms with Gasteiger partial charge in [0.05, 0.1) is 0 Å². The van der Waals surface area contributed by atoms with E-state index in [0.717, 1.165) is 24.4 Å². The van der Waals surface area contributed by atoms with Gasteiger partial charge in [-0.1, -0.05) is 25.3 Å². The van der Waals surface area contributed by atoms with Crippen LogP contribution in [0.1, 0.15) is 63.4 Å². The molecule has 1 aromatic rings. The Morgan fingerprint density at radius 2 is 1.80 bits per heavy atom. The fraction of sp³-hybridized carbons (Fsp3) is 0.773. The SMILES string of the molecule is c1cncc(CN(CC2CC2)C[C@@H]2CCCN(C3CCCCC3)C2)c1. The lowest BCUT2D eigenvalue weighted by molar-refractivity contribution is 0.0777. The average Bonchev–Trinajstić information content (AvgIpc) is 3.47. The Bertz CT molecular complexity index is 507. The van der Waals surface area contributed by atoms with Crippen molar-refractivity contribution in [3.63, 3.8) is 0 Å². The van der Waals surface area contributed by atoms with E-state index in [1.165, 1.54) is 89.5 Å². The zero-order valence-corrected chi connectivity index (χ0v) is 15.8. The highest BCUT2D eigenvalue weighted by Crippen LogP contribution is 2.32. The van der Waals surface area contributed by atoms with Crippen molar-refractivity contribution >= 4 is 0 Å².